The van der Waals surface area contributed by atoms with Crippen LogP contribution in [0, 0.1) is 5.82 Å². The van der Waals surface area contributed by atoms with Gasteiger partial charge in [0, 0.05) is 25.0 Å². The van der Waals surface area contributed by atoms with Crippen LogP contribution >= 0.6 is 11.6 Å². The number of carbonyl (C=O) groups is 2. The summed E-state index contributed by atoms with van der Waals surface area (Å²) in [6.07, 6.45) is 0.351. The highest BCUT2D eigenvalue weighted by Crippen LogP contribution is 2.14. The SMILES string of the molecule is CC(=O)N(CCc1ccccc1F)CC(=O)NCc1ccccc1Cl. The van der Waals surface area contributed by atoms with E-state index in [1.54, 1.807) is 24.3 Å². The Hall–Kier alpha value is -2.40. The van der Waals surface area contributed by atoms with Gasteiger partial charge in [0.15, 0.2) is 0 Å². The standard InChI is InChI=1S/C19H20ClFN2O2/c1-14(24)23(11-10-15-6-3-5-9-18(15)21)13-19(25)22-12-16-7-2-4-8-17(16)20/h2-9H,10-13H2,1H3,(H,22,25). The van der Waals surface area contributed by atoms with E-state index in [0.717, 1.165) is 5.56 Å². The van der Waals surface area contributed by atoms with Crippen molar-refractivity contribution in [1.29, 1.82) is 0 Å². The number of rotatable bonds is 7. The first-order valence-electron chi connectivity index (χ1n) is 7.96. The van der Waals surface area contributed by atoms with Crippen LogP contribution in [-0.2, 0) is 22.6 Å². The van der Waals surface area contributed by atoms with E-state index in [0.29, 0.717) is 17.0 Å². The van der Waals surface area contributed by atoms with Crippen LogP contribution in [-0.4, -0.2) is 29.8 Å². The van der Waals surface area contributed by atoms with E-state index in [1.807, 2.05) is 18.2 Å². The highest BCUT2D eigenvalue weighted by molar-refractivity contribution is 6.31. The van der Waals surface area contributed by atoms with Gasteiger partial charge in [-0.05, 0) is 29.7 Å². The van der Waals surface area contributed by atoms with Gasteiger partial charge in [0.25, 0.3) is 0 Å². The van der Waals surface area contributed by atoms with Crippen molar-refractivity contribution >= 4 is 23.4 Å². The molecular formula is C19H20ClFN2O2. The van der Waals surface area contributed by atoms with Gasteiger partial charge < -0.3 is 10.2 Å². The average Bonchev–Trinajstić information content (AvgIpc) is 2.59. The summed E-state index contributed by atoms with van der Waals surface area (Å²) >= 11 is 6.04. The van der Waals surface area contributed by atoms with Crippen molar-refractivity contribution in [3.05, 3.63) is 70.5 Å². The van der Waals surface area contributed by atoms with Gasteiger partial charge in [-0.3, -0.25) is 9.59 Å². The van der Waals surface area contributed by atoms with Crippen LogP contribution in [0.4, 0.5) is 4.39 Å². The molecule has 0 unspecified atom stereocenters. The average molecular weight is 363 g/mol. The lowest BCUT2D eigenvalue weighted by Gasteiger charge is -2.20. The van der Waals surface area contributed by atoms with Crippen LogP contribution in [0.25, 0.3) is 0 Å². The number of benzene rings is 2. The maximum absolute atomic E-state index is 13.7. The van der Waals surface area contributed by atoms with Gasteiger partial charge in [-0.2, -0.15) is 0 Å². The van der Waals surface area contributed by atoms with Gasteiger partial charge in [-0.15, -0.1) is 0 Å². The van der Waals surface area contributed by atoms with Crippen LogP contribution in [0.15, 0.2) is 48.5 Å². The fourth-order valence-corrected chi connectivity index (χ4v) is 2.57. The molecule has 0 spiro atoms. The number of carbonyl (C=O) groups excluding carboxylic acids is 2. The van der Waals surface area contributed by atoms with Crippen molar-refractivity contribution in [3.8, 4) is 0 Å². The second-order valence-electron chi connectivity index (χ2n) is 5.65. The van der Waals surface area contributed by atoms with E-state index in [1.165, 1.54) is 17.9 Å². The molecule has 2 rings (SSSR count). The molecule has 0 heterocycles. The maximum Gasteiger partial charge on any atom is 0.239 e. The minimum atomic E-state index is -0.311. The summed E-state index contributed by atoms with van der Waals surface area (Å²) < 4.78 is 13.7. The first kappa shape index (κ1) is 18.9. The summed E-state index contributed by atoms with van der Waals surface area (Å²) in [7, 11) is 0. The number of hydrogen-bond donors (Lipinski definition) is 1. The fraction of sp³-hybridized carbons (Fsp3) is 0.263. The minimum Gasteiger partial charge on any atom is -0.350 e. The van der Waals surface area contributed by atoms with Gasteiger partial charge in [0.2, 0.25) is 11.8 Å². The Bertz CT molecular complexity index is 752. The molecule has 6 heteroatoms. The quantitative estimate of drug-likeness (QED) is 0.822. The van der Waals surface area contributed by atoms with Gasteiger partial charge >= 0.3 is 0 Å². The lowest BCUT2D eigenvalue weighted by molar-refractivity contribution is -0.134. The van der Waals surface area contributed by atoms with E-state index >= 15 is 0 Å². The third-order valence-corrected chi connectivity index (χ3v) is 4.19. The van der Waals surface area contributed by atoms with Crippen LogP contribution in [0.3, 0.4) is 0 Å². The Morgan fingerprint density at radius 3 is 2.36 bits per heavy atom. The summed E-state index contributed by atoms with van der Waals surface area (Å²) in [6.45, 7) is 1.88. The molecule has 0 radical (unpaired) electrons. The molecule has 2 aromatic rings. The summed E-state index contributed by atoms with van der Waals surface area (Å²) in [6, 6.07) is 13.6. The molecule has 0 aliphatic carbocycles. The van der Waals surface area contributed by atoms with Crippen molar-refractivity contribution in [2.45, 2.75) is 19.9 Å². The molecule has 4 nitrogen and oxygen atoms in total. The lowest BCUT2D eigenvalue weighted by Crippen LogP contribution is -2.40. The molecule has 0 aromatic heterocycles. The van der Waals surface area contributed by atoms with Crippen molar-refractivity contribution in [2.24, 2.45) is 0 Å². The zero-order valence-electron chi connectivity index (χ0n) is 14.0. The maximum atomic E-state index is 13.7. The van der Waals surface area contributed by atoms with Crippen molar-refractivity contribution < 1.29 is 14.0 Å². The van der Waals surface area contributed by atoms with E-state index in [4.69, 9.17) is 11.6 Å². The molecule has 1 N–H and O–H groups in total. The first-order chi connectivity index (χ1) is 12.0. The van der Waals surface area contributed by atoms with Crippen LogP contribution in [0.1, 0.15) is 18.1 Å². The number of nitrogens with one attached hydrogen (secondary N) is 1. The zero-order valence-corrected chi connectivity index (χ0v) is 14.7. The Kier molecular flexibility index (Phi) is 6.95. The van der Waals surface area contributed by atoms with Crippen LogP contribution < -0.4 is 5.32 Å². The molecular weight excluding hydrogens is 343 g/mol. The molecule has 0 saturated carbocycles. The zero-order chi connectivity index (χ0) is 18.2. The second-order valence-corrected chi connectivity index (χ2v) is 6.06. The van der Waals surface area contributed by atoms with E-state index < -0.39 is 0 Å². The molecule has 0 fully saturated rings. The number of hydrogen-bond acceptors (Lipinski definition) is 2. The Morgan fingerprint density at radius 2 is 1.72 bits per heavy atom. The normalized spacial score (nSPS) is 10.4. The van der Waals surface area contributed by atoms with E-state index in [-0.39, 0.29) is 37.3 Å². The monoisotopic (exact) mass is 362 g/mol. The summed E-state index contributed by atoms with van der Waals surface area (Å²) in [5, 5.41) is 3.32. The predicted octanol–water partition coefficient (Wildman–Crippen LogP) is 3.19. The fourth-order valence-electron chi connectivity index (χ4n) is 2.37. The Labute approximate surface area is 151 Å². The Morgan fingerprint density at radius 1 is 1.08 bits per heavy atom. The van der Waals surface area contributed by atoms with Crippen LogP contribution in [0.5, 0.6) is 0 Å². The summed E-state index contributed by atoms with van der Waals surface area (Å²) in [5.74, 6) is -0.831. The number of halogens is 2. The second kappa shape index (κ2) is 9.18. The third kappa shape index (κ3) is 5.87. The van der Waals surface area contributed by atoms with Crippen molar-refractivity contribution in [1.82, 2.24) is 10.2 Å². The molecule has 2 amide bonds. The molecule has 0 bridgehead atoms. The topological polar surface area (TPSA) is 49.4 Å². The predicted molar refractivity (Wildman–Crippen MR) is 95.7 cm³/mol. The highest BCUT2D eigenvalue weighted by atomic mass is 35.5. The van der Waals surface area contributed by atoms with Crippen molar-refractivity contribution in [3.63, 3.8) is 0 Å². The molecule has 132 valence electrons. The molecule has 0 aliphatic rings. The highest BCUT2D eigenvalue weighted by Gasteiger charge is 2.14. The molecule has 0 aliphatic heterocycles. The first-order valence-corrected chi connectivity index (χ1v) is 8.34. The smallest absolute Gasteiger partial charge is 0.239 e. The van der Waals surface area contributed by atoms with Crippen LogP contribution in [0.2, 0.25) is 5.02 Å². The minimum absolute atomic E-state index is 0.0752. The van der Waals surface area contributed by atoms with Gasteiger partial charge in [0.05, 0.1) is 6.54 Å². The number of amides is 2. The molecule has 0 saturated heterocycles. The summed E-state index contributed by atoms with van der Waals surface area (Å²) in [4.78, 5) is 25.2. The Balaban J connectivity index is 1.88. The van der Waals surface area contributed by atoms with Gasteiger partial charge in [-0.25, -0.2) is 4.39 Å². The largest absolute Gasteiger partial charge is 0.350 e. The third-order valence-electron chi connectivity index (χ3n) is 3.82. The van der Waals surface area contributed by atoms with Crippen molar-refractivity contribution in [2.75, 3.05) is 13.1 Å². The van der Waals surface area contributed by atoms with Gasteiger partial charge in [-0.1, -0.05) is 48.0 Å². The molecule has 0 atom stereocenters. The lowest BCUT2D eigenvalue weighted by atomic mass is 10.1. The van der Waals surface area contributed by atoms with E-state index in [9.17, 15) is 14.0 Å². The summed E-state index contributed by atoms with van der Waals surface area (Å²) in [5.41, 5.74) is 1.32. The molecule has 25 heavy (non-hydrogen) atoms. The van der Waals surface area contributed by atoms with Gasteiger partial charge in [0.1, 0.15) is 5.82 Å². The molecule has 2 aromatic carbocycles. The van der Waals surface area contributed by atoms with E-state index in [2.05, 4.69) is 5.32 Å². The number of nitrogens with zero attached hydrogens (tertiary/aromatic N) is 1.